The zero-order chi connectivity index (χ0) is 20.3. The second-order valence-electron chi connectivity index (χ2n) is 7.58. The summed E-state index contributed by atoms with van der Waals surface area (Å²) in [7, 11) is 1.81. The Bertz CT molecular complexity index is 1010. The summed E-state index contributed by atoms with van der Waals surface area (Å²) in [5.41, 5.74) is 3.78. The van der Waals surface area contributed by atoms with Gasteiger partial charge in [-0.25, -0.2) is 4.68 Å². The summed E-state index contributed by atoms with van der Waals surface area (Å²) in [5.74, 6) is 0.407. The molecule has 0 aliphatic rings. The van der Waals surface area contributed by atoms with Crippen LogP contribution in [0.4, 0.5) is 5.69 Å². The predicted octanol–water partition coefficient (Wildman–Crippen LogP) is 3.86. The largest absolute Gasteiger partial charge is 0.320 e. The van der Waals surface area contributed by atoms with Gasteiger partial charge >= 0.3 is 0 Å². The molecule has 3 rings (SSSR count). The third-order valence-electron chi connectivity index (χ3n) is 4.85. The van der Waals surface area contributed by atoms with Crippen LogP contribution in [0.3, 0.4) is 0 Å². The fourth-order valence-electron chi connectivity index (χ4n) is 3.35. The maximum absolute atomic E-state index is 12.9. The lowest BCUT2D eigenvalue weighted by Gasteiger charge is -2.07. The molecule has 1 amide bonds. The standard InChI is InChI=1S/C23H27N3O2/c1-16(2)14-18-10-12-19(13-11-18)15-21(27)24-22-17(3)25(4)26(23(22)28)20-8-6-5-7-9-20/h5-13,16H,14-15H2,1-4H3,(H,24,27). The van der Waals surface area contributed by atoms with Gasteiger partial charge in [0.05, 0.1) is 17.8 Å². The molecule has 0 aliphatic carbocycles. The molecule has 1 heterocycles. The topological polar surface area (TPSA) is 56.0 Å². The molecule has 0 unspecified atom stereocenters. The molecule has 0 saturated heterocycles. The van der Waals surface area contributed by atoms with Crippen LogP contribution >= 0.6 is 0 Å². The molecule has 1 N–H and O–H groups in total. The summed E-state index contributed by atoms with van der Waals surface area (Å²) in [6.07, 6.45) is 1.26. The van der Waals surface area contributed by atoms with E-state index in [0.29, 0.717) is 11.6 Å². The van der Waals surface area contributed by atoms with Crippen molar-refractivity contribution in [3.05, 3.63) is 81.8 Å². The van der Waals surface area contributed by atoms with Gasteiger partial charge in [0.1, 0.15) is 5.69 Å². The van der Waals surface area contributed by atoms with Gasteiger partial charge < -0.3 is 5.32 Å². The Morgan fingerprint density at radius 3 is 2.21 bits per heavy atom. The molecule has 146 valence electrons. The summed E-state index contributed by atoms with van der Waals surface area (Å²) < 4.78 is 3.32. The number of amides is 1. The van der Waals surface area contributed by atoms with E-state index in [0.717, 1.165) is 23.4 Å². The number of nitrogens with one attached hydrogen (secondary N) is 1. The minimum absolute atomic E-state index is 0.192. The third-order valence-corrected chi connectivity index (χ3v) is 4.85. The van der Waals surface area contributed by atoms with Crippen molar-refractivity contribution in [2.24, 2.45) is 13.0 Å². The molecule has 0 bridgehead atoms. The number of aromatic nitrogens is 2. The smallest absolute Gasteiger partial charge is 0.295 e. The fraction of sp³-hybridized carbons (Fsp3) is 0.304. The molecule has 0 aliphatic heterocycles. The lowest BCUT2D eigenvalue weighted by atomic mass is 10.0. The van der Waals surface area contributed by atoms with Crippen LogP contribution in [0.25, 0.3) is 5.69 Å². The molecular formula is C23H27N3O2. The maximum Gasteiger partial charge on any atom is 0.295 e. The van der Waals surface area contributed by atoms with Crippen LogP contribution < -0.4 is 10.9 Å². The zero-order valence-corrected chi connectivity index (χ0v) is 16.9. The highest BCUT2D eigenvalue weighted by molar-refractivity contribution is 5.92. The summed E-state index contributed by atoms with van der Waals surface area (Å²) in [6.45, 7) is 6.20. The lowest BCUT2D eigenvalue weighted by Crippen LogP contribution is -2.23. The Hall–Kier alpha value is -3.08. The zero-order valence-electron chi connectivity index (χ0n) is 16.9. The quantitative estimate of drug-likeness (QED) is 0.709. The van der Waals surface area contributed by atoms with Crippen molar-refractivity contribution in [2.75, 3.05) is 5.32 Å². The molecule has 0 spiro atoms. The normalized spacial score (nSPS) is 11.0. The minimum Gasteiger partial charge on any atom is -0.320 e. The fourth-order valence-corrected chi connectivity index (χ4v) is 3.35. The van der Waals surface area contributed by atoms with E-state index in [1.54, 1.807) is 9.36 Å². The van der Waals surface area contributed by atoms with Crippen molar-refractivity contribution in [2.45, 2.75) is 33.6 Å². The van der Waals surface area contributed by atoms with Crippen LogP contribution in [0, 0.1) is 12.8 Å². The number of nitrogens with zero attached hydrogens (tertiary/aromatic N) is 2. The first kappa shape index (κ1) is 19.7. The number of hydrogen-bond donors (Lipinski definition) is 1. The molecule has 3 aromatic rings. The molecule has 1 aromatic heterocycles. The first-order valence-electron chi connectivity index (χ1n) is 9.58. The van der Waals surface area contributed by atoms with Gasteiger partial charge in [-0.3, -0.25) is 14.3 Å². The van der Waals surface area contributed by atoms with E-state index in [-0.39, 0.29) is 17.9 Å². The SMILES string of the molecule is Cc1c(NC(=O)Cc2ccc(CC(C)C)cc2)c(=O)n(-c2ccccc2)n1C. The summed E-state index contributed by atoms with van der Waals surface area (Å²) in [4.78, 5) is 25.4. The first-order chi connectivity index (χ1) is 13.4. The van der Waals surface area contributed by atoms with Crippen molar-refractivity contribution in [3.63, 3.8) is 0 Å². The molecule has 0 atom stereocenters. The number of benzene rings is 2. The monoisotopic (exact) mass is 377 g/mol. The van der Waals surface area contributed by atoms with E-state index in [4.69, 9.17) is 0 Å². The average molecular weight is 377 g/mol. The predicted molar refractivity (Wildman–Crippen MR) is 113 cm³/mol. The van der Waals surface area contributed by atoms with E-state index in [1.165, 1.54) is 5.56 Å². The van der Waals surface area contributed by atoms with Gasteiger partial charge in [0.2, 0.25) is 5.91 Å². The van der Waals surface area contributed by atoms with Crippen molar-refractivity contribution < 1.29 is 4.79 Å². The summed E-state index contributed by atoms with van der Waals surface area (Å²) >= 11 is 0. The summed E-state index contributed by atoms with van der Waals surface area (Å²) in [6, 6.07) is 17.5. The molecule has 0 fully saturated rings. The highest BCUT2D eigenvalue weighted by Gasteiger charge is 2.18. The lowest BCUT2D eigenvalue weighted by molar-refractivity contribution is -0.115. The van der Waals surface area contributed by atoms with Gasteiger partial charge in [-0.05, 0) is 42.5 Å². The van der Waals surface area contributed by atoms with E-state index < -0.39 is 0 Å². The molecule has 2 aromatic carbocycles. The Kier molecular flexibility index (Phi) is 5.83. The second kappa shape index (κ2) is 8.30. The Morgan fingerprint density at radius 2 is 1.61 bits per heavy atom. The third kappa shape index (κ3) is 4.25. The van der Waals surface area contributed by atoms with Gasteiger partial charge in [0.15, 0.2) is 0 Å². The van der Waals surface area contributed by atoms with Crippen molar-refractivity contribution in [3.8, 4) is 5.69 Å². The molecular weight excluding hydrogens is 350 g/mol. The van der Waals surface area contributed by atoms with Gasteiger partial charge in [-0.2, -0.15) is 0 Å². The minimum atomic E-state index is -0.230. The van der Waals surface area contributed by atoms with E-state index >= 15 is 0 Å². The van der Waals surface area contributed by atoms with E-state index in [9.17, 15) is 9.59 Å². The molecule has 0 saturated carbocycles. The molecule has 5 heteroatoms. The number of carbonyl (C=O) groups is 1. The Labute approximate surface area is 165 Å². The molecule has 0 radical (unpaired) electrons. The number of anilines is 1. The molecule has 28 heavy (non-hydrogen) atoms. The van der Waals surface area contributed by atoms with Crippen LogP contribution in [0.2, 0.25) is 0 Å². The Balaban J connectivity index is 1.77. The van der Waals surface area contributed by atoms with Gasteiger partial charge in [0.25, 0.3) is 5.56 Å². The average Bonchev–Trinajstić information content (AvgIpc) is 2.87. The van der Waals surface area contributed by atoms with Crippen molar-refractivity contribution in [1.29, 1.82) is 0 Å². The van der Waals surface area contributed by atoms with Crippen molar-refractivity contribution >= 4 is 11.6 Å². The van der Waals surface area contributed by atoms with Gasteiger partial charge in [-0.15, -0.1) is 0 Å². The van der Waals surface area contributed by atoms with E-state index in [2.05, 4.69) is 31.3 Å². The number of para-hydroxylation sites is 1. The van der Waals surface area contributed by atoms with E-state index in [1.807, 2.05) is 56.4 Å². The van der Waals surface area contributed by atoms with Crippen molar-refractivity contribution in [1.82, 2.24) is 9.36 Å². The van der Waals surface area contributed by atoms with Gasteiger partial charge in [-0.1, -0.05) is 56.3 Å². The van der Waals surface area contributed by atoms with Crippen LogP contribution in [0.1, 0.15) is 30.7 Å². The van der Waals surface area contributed by atoms with Crippen LogP contribution in [-0.4, -0.2) is 15.3 Å². The highest BCUT2D eigenvalue weighted by Crippen LogP contribution is 2.15. The highest BCUT2D eigenvalue weighted by atomic mass is 16.2. The second-order valence-corrected chi connectivity index (χ2v) is 7.58. The maximum atomic E-state index is 12.9. The number of carbonyl (C=O) groups excluding carboxylic acids is 1. The number of hydrogen-bond acceptors (Lipinski definition) is 2. The Morgan fingerprint density at radius 1 is 1.00 bits per heavy atom. The molecule has 5 nitrogen and oxygen atoms in total. The summed E-state index contributed by atoms with van der Waals surface area (Å²) in [5, 5.41) is 2.81. The first-order valence-corrected chi connectivity index (χ1v) is 9.58. The van der Waals surface area contributed by atoms with Gasteiger partial charge in [0, 0.05) is 7.05 Å². The van der Waals surface area contributed by atoms with Crippen LogP contribution in [-0.2, 0) is 24.7 Å². The van der Waals surface area contributed by atoms with Crippen LogP contribution in [0.5, 0.6) is 0 Å². The number of rotatable bonds is 6. The van der Waals surface area contributed by atoms with Crippen LogP contribution in [0.15, 0.2) is 59.4 Å².